The number of hydrogen-bond donors (Lipinski definition) is 0. The monoisotopic (exact) mass is 616 g/mol. The predicted molar refractivity (Wildman–Crippen MR) is 172 cm³/mol. The fourth-order valence-corrected chi connectivity index (χ4v) is 4.70. The van der Waals surface area contributed by atoms with Crippen molar-refractivity contribution >= 4 is 23.9 Å². The number of esters is 4. The van der Waals surface area contributed by atoms with Crippen molar-refractivity contribution in [2.75, 3.05) is 13.2 Å². The van der Waals surface area contributed by atoms with Gasteiger partial charge in [-0.3, -0.25) is 19.2 Å². The van der Waals surface area contributed by atoms with Gasteiger partial charge in [0, 0.05) is 26.7 Å². The van der Waals surface area contributed by atoms with E-state index < -0.39 is 0 Å². The van der Waals surface area contributed by atoms with E-state index in [-0.39, 0.29) is 35.7 Å². The maximum atomic E-state index is 12.3. The smallest absolute Gasteiger partial charge is 0.312 e. The van der Waals surface area contributed by atoms with Gasteiger partial charge in [0.1, 0.15) is 11.5 Å². The second-order valence-corrected chi connectivity index (χ2v) is 11.6. The molecule has 8 heteroatoms. The molecule has 1 heterocycles. The fourth-order valence-electron chi connectivity index (χ4n) is 4.70. The molecule has 8 nitrogen and oxygen atoms in total. The second kappa shape index (κ2) is 25.2. The van der Waals surface area contributed by atoms with Crippen LogP contribution in [0.1, 0.15) is 130 Å². The van der Waals surface area contributed by atoms with E-state index in [2.05, 4.69) is 0 Å². The summed E-state index contributed by atoms with van der Waals surface area (Å²) in [4.78, 5) is 47.7. The number of rotatable bonds is 2. The summed E-state index contributed by atoms with van der Waals surface area (Å²) in [7, 11) is 0. The Labute approximate surface area is 265 Å². The molecule has 0 fully saturated rings. The minimum absolute atomic E-state index is 0.256. The van der Waals surface area contributed by atoms with Crippen molar-refractivity contribution in [3.63, 3.8) is 0 Å². The van der Waals surface area contributed by atoms with E-state index in [1.165, 1.54) is 13.8 Å². The Balaban J connectivity index is 2.68. The van der Waals surface area contributed by atoms with Gasteiger partial charge in [0.15, 0.2) is 0 Å². The van der Waals surface area contributed by atoms with Crippen molar-refractivity contribution in [1.82, 2.24) is 0 Å². The molecule has 1 aliphatic rings. The van der Waals surface area contributed by atoms with Gasteiger partial charge in [-0.1, -0.05) is 88.5 Å². The van der Waals surface area contributed by atoms with Crippen LogP contribution in [-0.2, 0) is 38.1 Å². The van der Waals surface area contributed by atoms with Crippen LogP contribution in [0.25, 0.3) is 0 Å². The van der Waals surface area contributed by atoms with Gasteiger partial charge < -0.3 is 18.9 Å². The second-order valence-electron chi connectivity index (χ2n) is 11.6. The Morgan fingerprint density at radius 2 is 0.886 bits per heavy atom. The van der Waals surface area contributed by atoms with Gasteiger partial charge in [0.25, 0.3) is 0 Å². The zero-order valence-electron chi connectivity index (χ0n) is 27.6. The van der Waals surface area contributed by atoms with E-state index in [1.54, 1.807) is 50.3 Å². The molecule has 248 valence electrons. The SMILES string of the molecule is CC(=O)O/C1=C/C=C\C(C)C(=O)OCCCCCCCCC/C(OC(C)=O)=C\C=C/C(C)C(=O)OCCCCCCCCC1. The fraction of sp³-hybridized carbons (Fsp3) is 0.667. The summed E-state index contributed by atoms with van der Waals surface area (Å²) >= 11 is 0. The first-order valence-electron chi connectivity index (χ1n) is 16.6. The first kappa shape index (κ1) is 38.9. The van der Waals surface area contributed by atoms with Crippen LogP contribution in [0, 0.1) is 11.8 Å². The summed E-state index contributed by atoms with van der Waals surface area (Å²) < 4.78 is 21.6. The lowest BCUT2D eigenvalue weighted by molar-refractivity contribution is -0.147. The third-order valence-corrected chi connectivity index (χ3v) is 7.28. The first-order chi connectivity index (χ1) is 21.2. The molecule has 0 aromatic carbocycles. The van der Waals surface area contributed by atoms with Gasteiger partial charge in [-0.15, -0.1) is 0 Å². The lowest BCUT2D eigenvalue weighted by Crippen LogP contribution is -2.13. The normalized spacial score (nSPS) is 26.4. The van der Waals surface area contributed by atoms with Crippen molar-refractivity contribution in [1.29, 1.82) is 0 Å². The molecule has 0 spiro atoms. The number of carbonyl (C=O) groups is 4. The predicted octanol–water partition coefficient (Wildman–Crippen LogP) is 8.61. The van der Waals surface area contributed by atoms with E-state index in [9.17, 15) is 19.2 Å². The van der Waals surface area contributed by atoms with Crippen LogP contribution >= 0.6 is 0 Å². The molecule has 0 bridgehead atoms. The van der Waals surface area contributed by atoms with Gasteiger partial charge in [-0.2, -0.15) is 0 Å². The summed E-state index contributed by atoms with van der Waals surface area (Å²) in [6, 6.07) is 0. The number of allylic oxidation sites excluding steroid dienone is 6. The molecule has 0 saturated heterocycles. The van der Waals surface area contributed by atoms with E-state index in [1.807, 2.05) is 0 Å². The van der Waals surface area contributed by atoms with Crippen LogP contribution in [-0.4, -0.2) is 37.1 Å². The topological polar surface area (TPSA) is 105 Å². The van der Waals surface area contributed by atoms with E-state index in [0.29, 0.717) is 37.6 Å². The maximum Gasteiger partial charge on any atom is 0.312 e. The standard InChI is InChI=1S/C36H56O8/c1-29-21-19-25-33(43-31(3)37)23-15-11-8-6-10-14-18-28-42-36(40)30(2)22-20-26-34(44-32(4)38)24-16-12-7-5-9-13-17-27-41-35(29)39/h19-22,25-26,29-30H,5-18,23-24,27-28H2,1-4H3/b21-19-,22-20-,33-25+,34-26+. The van der Waals surface area contributed by atoms with Gasteiger partial charge in [-0.05, 0) is 51.7 Å². The Morgan fingerprint density at radius 1 is 0.568 bits per heavy atom. The molecular weight excluding hydrogens is 560 g/mol. The molecule has 1 aliphatic heterocycles. The van der Waals surface area contributed by atoms with Crippen molar-refractivity contribution in [2.24, 2.45) is 11.8 Å². The summed E-state index contributed by atoms with van der Waals surface area (Å²) in [5.41, 5.74) is 0. The molecule has 0 radical (unpaired) electrons. The van der Waals surface area contributed by atoms with Crippen molar-refractivity contribution in [3.8, 4) is 0 Å². The first-order valence-corrected chi connectivity index (χ1v) is 16.6. The Bertz CT molecular complexity index is 897. The molecule has 0 aromatic heterocycles. The third kappa shape index (κ3) is 21.5. The highest BCUT2D eigenvalue weighted by Gasteiger charge is 2.12. The number of ether oxygens (including phenoxy) is 4. The van der Waals surface area contributed by atoms with Crippen molar-refractivity contribution < 1.29 is 38.1 Å². The van der Waals surface area contributed by atoms with Crippen LogP contribution in [0.3, 0.4) is 0 Å². The summed E-state index contributed by atoms with van der Waals surface area (Å²) in [6.45, 7) is 7.20. The number of hydrogen-bond acceptors (Lipinski definition) is 8. The highest BCUT2D eigenvalue weighted by atomic mass is 16.5. The van der Waals surface area contributed by atoms with Crippen LogP contribution in [0.2, 0.25) is 0 Å². The Kier molecular flexibility index (Phi) is 22.3. The number of cyclic esters (lactones) is 2. The molecule has 0 aromatic rings. The summed E-state index contributed by atoms with van der Waals surface area (Å²) in [6.07, 6.45) is 25.9. The Hall–Kier alpha value is -3.16. The molecule has 1 rings (SSSR count). The lowest BCUT2D eigenvalue weighted by Gasteiger charge is -2.09. The van der Waals surface area contributed by atoms with Gasteiger partial charge in [0.05, 0.1) is 25.0 Å². The molecule has 0 aliphatic carbocycles. The van der Waals surface area contributed by atoms with E-state index >= 15 is 0 Å². The average molecular weight is 617 g/mol. The van der Waals surface area contributed by atoms with Gasteiger partial charge in [-0.25, -0.2) is 0 Å². The van der Waals surface area contributed by atoms with Gasteiger partial charge in [0.2, 0.25) is 0 Å². The summed E-state index contributed by atoms with van der Waals surface area (Å²) in [5.74, 6) is -0.769. The maximum absolute atomic E-state index is 12.3. The minimum Gasteiger partial charge on any atom is -0.465 e. The molecule has 0 amide bonds. The Morgan fingerprint density at radius 3 is 1.23 bits per heavy atom. The molecule has 44 heavy (non-hydrogen) atoms. The average Bonchev–Trinajstić information content (AvgIpc) is 2.97. The lowest BCUT2D eigenvalue weighted by atomic mass is 10.1. The third-order valence-electron chi connectivity index (χ3n) is 7.28. The summed E-state index contributed by atoms with van der Waals surface area (Å²) in [5, 5.41) is 0. The van der Waals surface area contributed by atoms with Crippen LogP contribution in [0.5, 0.6) is 0 Å². The zero-order chi connectivity index (χ0) is 32.4. The van der Waals surface area contributed by atoms with Crippen LogP contribution in [0.15, 0.2) is 48.0 Å². The zero-order valence-corrected chi connectivity index (χ0v) is 27.6. The minimum atomic E-state index is -0.382. The highest BCUT2D eigenvalue weighted by molar-refractivity contribution is 5.74. The molecule has 0 saturated carbocycles. The molecule has 2 unspecified atom stereocenters. The van der Waals surface area contributed by atoms with Crippen LogP contribution in [0.4, 0.5) is 0 Å². The van der Waals surface area contributed by atoms with Gasteiger partial charge >= 0.3 is 23.9 Å². The molecular formula is C36H56O8. The van der Waals surface area contributed by atoms with E-state index in [4.69, 9.17) is 18.9 Å². The van der Waals surface area contributed by atoms with Crippen LogP contribution < -0.4 is 0 Å². The number of carbonyl (C=O) groups excluding carboxylic acids is 4. The van der Waals surface area contributed by atoms with Crippen molar-refractivity contribution in [3.05, 3.63) is 48.0 Å². The largest absolute Gasteiger partial charge is 0.465 e. The van der Waals surface area contributed by atoms with E-state index in [0.717, 1.165) is 89.9 Å². The molecule has 2 atom stereocenters. The molecule has 0 N–H and O–H groups in total. The van der Waals surface area contributed by atoms with Crippen molar-refractivity contribution in [2.45, 2.75) is 130 Å². The highest BCUT2D eigenvalue weighted by Crippen LogP contribution is 2.16. The quantitative estimate of drug-likeness (QED) is 0.224.